The van der Waals surface area contributed by atoms with Crippen LogP contribution in [0.25, 0.3) is 0 Å². The Morgan fingerprint density at radius 1 is 0.561 bits per heavy atom. The van der Waals surface area contributed by atoms with Crippen molar-refractivity contribution in [3.05, 3.63) is 60.8 Å². The van der Waals surface area contributed by atoms with Crippen molar-refractivity contribution in [3.8, 4) is 0 Å². The second-order valence-corrected chi connectivity index (χ2v) is 15.9. The molecular formula is C43H73O13P. The number of ether oxygens (including phenoxy) is 2. The lowest BCUT2D eigenvalue weighted by Crippen LogP contribution is -2.64. The highest BCUT2D eigenvalue weighted by atomic mass is 31.2. The quantitative estimate of drug-likeness (QED) is 0.0165. The van der Waals surface area contributed by atoms with E-state index in [9.17, 15) is 44.6 Å². The average molecular weight is 829 g/mol. The Bertz CT molecular complexity index is 1230. The van der Waals surface area contributed by atoms with Crippen LogP contribution in [0, 0.1) is 0 Å². The zero-order valence-electron chi connectivity index (χ0n) is 34.4. The number of hydrogen-bond donors (Lipinski definition) is 6. The number of carbonyl (C=O) groups excluding carboxylic acids is 2. The maximum Gasteiger partial charge on any atom is 0.472 e. The van der Waals surface area contributed by atoms with E-state index in [0.29, 0.717) is 12.8 Å². The lowest BCUT2D eigenvalue weighted by Gasteiger charge is -2.41. The number of phosphoric acid groups is 1. The number of allylic oxidation sites excluding steroid dienone is 10. The molecule has 1 aliphatic rings. The van der Waals surface area contributed by atoms with Crippen LogP contribution in [0.4, 0.5) is 0 Å². The molecule has 1 saturated carbocycles. The lowest BCUT2D eigenvalue weighted by molar-refractivity contribution is -0.220. The van der Waals surface area contributed by atoms with Gasteiger partial charge in [0.05, 0.1) is 6.61 Å². The maximum absolute atomic E-state index is 12.8. The topological polar surface area (TPSA) is 210 Å². The normalized spacial score (nSPS) is 23.3. The molecule has 0 aromatic heterocycles. The molecule has 1 aliphatic carbocycles. The van der Waals surface area contributed by atoms with E-state index in [2.05, 4.69) is 74.6 Å². The summed E-state index contributed by atoms with van der Waals surface area (Å²) in [5.74, 6) is -1.17. The summed E-state index contributed by atoms with van der Waals surface area (Å²) >= 11 is 0. The summed E-state index contributed by atoms with van der Waals surface area (Å²) in [6.45, 7) is 3.09. The summed E-state index contributed by atoms with van der Waals surface area (Å²) in [6, 6.07) is 0. The first-order chi connectivity index (χ1) is 27.4. The number of esters is 2. The van der Waals surface area contributed by atoms with Gasteiger partial charge in [0.15, 0.2) is 6.10 Å². The van der Waals surface area contributed by atoms with Gasteiger partial charge in [0.25, 0.3) is 0 Å². The maximum atomic E-state index is 12.8. The zero-order chi connectivity index (χ0) is 42.2. The van der Waals surface area contributed by atoms with E-state index < -0.39 is 75.7 Å². The minimum atomic E-state index is -5.13. The summed E-state index contributed by atoms with van der Waals surface area (Å²) in [5.41, 5.74) is 0. The molecular weight excluding hydrogens is 755 g/mol. The number of hydrogen-bond acceptors (Lipinski definition) is 12. The van der Waals surface area contributed by atoms with E-state index in [-0.39, 0.29) is 12.8 Å². The van der Waals surface area contributed by atoms with Gasteiger partial charge >= 0.3 is 19.8 Å². The molecule has 328 valence electrons. The molecule has 0 bridgehead atoms. The van der Waals surface area contributed by atoms with E-state index in [4.69, 9.17) is 18.5 Å². The van der Waals surface area contributed by atoms with Gasteiger partial charge in [-0.3, -0.25) is 18.6 Å². The largest absolute Gasteiger partial charge is 0.472 e. The van der Waals surface area contributed by atoms with Crippen molar-refractivity contribution in [1.82, 2.24) is 0 Å². The van der Waals surface area contributed by atoms with Crippen LogP contribution in [0.1, 0.15) is 142 Å². The Kier molecular flexibility index (Phi) is 30.8. The zero-order valence-corrected chi connectivity index (χ0v) is 35.3. The molecule has 0 radical (unpaired) electrons. The number of aliphatic hydroxyl groups is 5. The summed E-state index contributed by atoms with van der Waals surface area (Å²) < 4.78 is 33.4. The van der Waals surface area contributed by atoms with Crippen LogP contribution >= 0.6 is 7.82 Å². The summed E-state index contributed by atoms with van der Waals surface area (Å²) in [5, 5.41) is 50.0. The first kappa shape index (κ1) is 52.6. The van der Waals surface area contributed by atoms with Crippen LogP contribution in [0.2, 0.25) is 0 Å². The SMILES string of the molecule is CC/C=C\C/C=C\C/C=C\C/C=C\CCCCC(=O)OC[C@H](COP(=O)(O)OC1C(O)C(O)C(O)[C@@H](O)C1O)OC(=O)CCCCCCC/C=C\CCCCCC. The summed E-state index contributed by atoms with van der Waals surface area (Å²) in [4.78, 5) is 35.5. The minimum Gasteiger partial charge on any atom is -0.462 e. The first-order valence-electron chi connectivity index (χ1n) is 21.1. The van der Waals surface area contributed by atoms with Crippen molar-refractivity contribution in [2.45, 2.75) is 185 Å². The average Bonchev–Trinajstić information content (AvgIpc) is 3.19. The Morgan fingerprint density at radius 2 is 1.00 bits per heavy atom. The monoisotopic (exact) mass is 828 g/mol. The van der Waals surface area contributed by atoms with Gasteiger partial charge in [-0.05, 0) is 77.0 Å². The number of aliphatic hydroxyl groups excluding tert-OH is 5. The van der Waals surface area contributed by atoms with Crippen molar-refractivity contribution in [1.29, 1.82) is 0 Å². The standard InChI is InChI=1S/C43H73O13P/c1-3-5-7-9-11-13-15-17-18-20-21-23-25-27-29-31-36(44)53-33-35(34-54-57(51,52)56-43-41(49)39(47)38(46)40(48)42(43)50)55-37(45)32-30-28-26-24-22-19-16-14-12-10-8-6-4-2/h5,7,11,13-14,16-18,21,23,35,38-43,46-50H,3-4,6,8-10,12,15,19-20,22,24-34H2,1-2H3,(H,51,52)/b7-5-,13-11-,16-14-,18-17-,23-21-/t35-,38?,39-,40?,41?,42?,43?/m1/s1. The molecule has 13 nitrogen and oxygen atoms in total. The smallest absolute Gasteiger partial charge is 0.462 e. The molecule has 0 saturated heterocycles. The van der Waals surface area contributed by atoms with Crippen molar-refractivity contribution in [3.63, 3.8) is 0 Å². The fourth-order valence-corrected chi connectivity index (χ4v) is 6.89. The van der Waals surface area contributed by atoms with Gasteiger partial charge in [0.2, 0.25) is 0 Å². The molecule has 1 fully saturated rings. The van der Waals surface area contributed by atoms with Crippen LogP contribution in [0.15, 0.2) is 60.8 Å². The van der Waals surface area contributed by atoms with Gasteiger partial charge in [0.1, 0.15) is 43.2 Å². The fraction of sp³-hybridized carbons (Fsp3) is 0.721. The first-order valence-corrected chi connectivity index (χ1v) is 22.6. The molecule has 8 atom stereocenters. The van der Waals surface area contributed by atoms with Crippen LogP contribution < -0.4 is 0 Å². The van der Waals surface area contributed by atoms with E-state index >= 15 is 0 Å². The second kappa shape index (κ2) is 33.4. The molecule has 0 aromatic carbocycles. The Labute approximate surface area is 341 Å². The van der Waals surface area contributed by atoms with Crippen LogP contribution in [0.3, 0.4) is 0 Å². The Morgan fingerprint density at radius 3 is 1.58 bits per heavy atom. The highest BCUT2D eigenvalue weighted by Gasteiger charge is 2.51. The van der Waals surface area contributed by atoms with E-state index in [1.807, 2.05) is 0 Å². The molecule has 0 aromatic rings. The third-order valence-electron chi connectivity index (χ3n) is 9.34. The van der Waals surface area contributed by atoms with Crippen LogP contribution in [-0.2, 0) is 32.7 Å². The lowest BCUT2D eigenvalue weighted by atomic mass is 9.85. The minimum absolute atomic E-state index is 0.0747. The van der Waals surface area contributed by atoms with Crippen molar-refractivity contribution in [2.75, 3.05) is 13.2 Å². The predicted octanol–water partition coefficient (Wildman–Crippen LogP) is 7.38. The number of carbonyl (C=O) groups is 2. The van der Waals surface area contributed by atoms with Crippen molar-refractivity contribution in [2.24, 2.45) is 0 Å². The molecule has 14 heteroatoms. The summed E-state index contributed by atoms with van der Waals surface area (Å²) in [7, 11) is -5.13. The Hall–Kier alpha value is -2.45. The van der Waals surface area contributed by atoms with Gasteiger partial charge < -0.3 is 39.9 Å². The van der Waals surface area contributed by atoms with Gasteiger partial charge in [0, 0.05) is 12.8 Å². The molecule has 0 spiro atoms. The molecule has 57 heavy (non-hydrogen) atoms. The van der Waals surface area contributed by atoms with Crippen LogP contribution in [-0.4, -0.2) is 98.3 Å². The third-order valence-corrected chi connectivity index (χ3v) is 10.3. The highest BCUT2D eigenvalue weighted by Crippen LogP contribution is 2.47. The van der Waals surface area contributed by atoms with Crippen molar-refractivity contribution < 1.29 is 63.1 Å². The van der Waals surface area contributed by atoms with Gasteiger partial charge in [-0.25, -0.2) is 4.57 Å². The number of rotatable bonds is 33. The van der Waals surface area contributed by atoms with Gasteiger partial charge in [-0.15, -0.1) is 0 Å². The highest BCUT2D eigenvalue weighted by molar-refractivity contribution is 7.47. The fourth-order valence-electron chi connectivity index (χ4n) is 5.92. The second-order valence-electron chi connectivity index (χ2n) is 14.5. The molecule has 6 unspecified atom stereocenters. The third kappa shape index (κ3) is 26.3. The van der Waals surface area contributed by atoms with E-state index in [1.165, 1.54) is 25.7 Å². The van der Waals surface area contributed by atoms with Gasteiger partial charge in [-0.2, -0.15) is 0 Å². The summed E-state index contributed by atoms with van der Waals surface area (Å²) in [6.07, 6.45) is 25.7. The van der Waals surface area contributed by atoms with Gasteiger partial charge in [-0.1, -0.05) is 113 Å². The molecule has 0 amide bonds. The molecule has 0 aliphatic heterocycles. The molecule has 6 N–H and O–H groups in total. The van der Waals surface area contributed by atoms with Crippen LogP contribution in [0.5, 0.6) is 0 Å². The number of phosphoric ester groups is 1. The van der Waals surface area contributed by atoms with E-state index in [1.54, 1.807) is 0 Å². The van der Waals surface area contributed by atoms with Crippen molar-refractivity contribution >= 4 is 19.8 Å². The number of unbranched alkanes of at least 4 members (excludes halogenated alkanes) is 11. The Balaban J connectivity index is 2.55. The molecule has 1 rings (SSSR count). The molecule has 0 heterocycles. The predicted molar refractivity (Wildman–Crippen MR) is 221 cm³/mol. The van der Waals surface area contributed by atoms with E-state index in [0.717, 1.165) is 77.0 Å².